The largest absolute Gasteiger partial charge is 0.455 e. The lowest BCUT2D eigenvalue weighted by Crippen LogP contribution is -2.64. The fourth-order valence-corrected chi connectivity index (χ4v) is 8.13. The van der Waals surface area contributed by atoms with Gasteiger partial charge in [0.15, 0.2) is 0 Å². The minimum absolute atomic E-state index is 0.113. The second-order valence-electron chi connectivity index (χ2n) is 10.1. The SMILES string of the molecule is C=C(C)C(=O)OC1(C2CC3CC2CC3C)C2CC3CC(C2)CC1C3. The summed E-state index contributed by atoms with van der Waals surface area (Å²) in [6.07, 6.45) is 10.8. The van der Waals surface area contributed by atoms with Crippen molar-refractivity contribution in [2.75, 3.05) is 0 Å². The van der Waals surface area contributed by atoms with Crippen molar-refractivity contribution in [2.45, 2.75) is 70.8 Å². The van der Waals surface area contributed by atoms with Gasteiger partial charge in [-0.2, -0.15) is 0 Å². The van der Waals surface area contributed by atoms with Gasteiger partial charge in [0.25, 0.3) is 0 Å². The van der Waals surface area contributed by atoms with Gasteiger partial charge < -0.3 is 4.74 Å². The third-order valence-corrected chi connectivity index (χ3v) is 8.82. The van der Waals surface area contributed by atoms with Crippen molar-refractivity contribution in [3.63, 3.8) is 0 Å². The van der Waals surface area contributed by atoms with Gasteiger partial charge in [0, 0.05) is 11.5 Å². The maximum absolute atomic E-state index is 12.6. The lowest BCUT2D eigenvalue weighted by atomic mass is 9.46. The number of rotatable bonds is 3. The van der Waals surface area contributed by atoms with Crippen LogP contribution in [-0.2, 0) is 9.53 Å². The fourth-order valence-electron chi connectivity index (χ4n) is 8.13. The van der Waals surface area contributed by atoms with Gasteiger partial charge in [-0.1, -0.05) is 13.5 Å². The molecule has 0 aromatic carbocycles. The zero-order valence-corrected chi connectivity index (χ0v) is 15.3. The predicted molar refractivity (Wildman–Crippen MR) is 94.2 cm³/mol. The van der Waals surface area contributed by atoms with E-state index in [0.29, 0.717) is 23.3 Å². The first-order valence-electron chi connectivity index (χ1n) is 10.4. The van der Waals surface area contributed by atoms with Crippen molar-refractivity contribution in [1.29, 1.82) is 0 Å². The van der Waals surface area contributed by atoms with Gasteiger partial charge in [-0.25, -0.2) is 4.79 Å². The summed E-state index contributed by atoms with van der Waals surface area (Å²) >= 11 is 0. The molecule has 4 unspecified atom stereocenters. The van der Waals surface area contributed by atoms with Crippen LogP contribution in [0.5, 0.6) is 0 Å². The monoisotopic (exact) mass is 328 g/mol. The van der Waals surface area contributed by atoms with E-state index in [1.54, 1.807) is 0 Å². The predicted octanol–water partition coefficient (Wildman–Crippen LogP) is 4.98. The molecule has 0 spiro atoms. The standard InChI is InChI=1S/C22H32O2/c1-12(2)21(23)24-22(20-11-16-10-17(20)4-13(16)3)18-6-14-5-15(8-18)9-19(22)7-14/h13-20H,1,4-11H2,2-3H3. The summed E-state index contributed by atoms with van der Waals surface area (Å²) in [5.74, 6) is 6.21. The minimum Gasteiger partial charge on any atom is -0.455 e. The van der Waals surface area contributed by atoms with Crippen LogP contribution in [0.1, 0.15) is 65.2 Å². The molecule has 6 rings (SSSR count). The van der Waals surface area contributed by atoms with Crippen molar-refractivity contribution in [1.82, 2.24) is 0 Å². The van der Waals surface area contributed by atoms with Crippen molar-refractivity contribution >= 4 is 5.97 Å². The van der Waals surface area contributed by atoms with Crippen molar-refractivity contribution in [3.05, 3.63) is 12.2 Å². The molecule has 132 valence electrons. The highest BCUT2D eigenvalue weighted by Crippen LogP contribution is 2.67. The van der Waals surface area contributed by atoms with Crippen LogP contribution in [0.4, 0.5) is 0 Å². The number of ether oxygens (including phenoxy) is 1. The third kappa shape index (κ3) is 1.98. The number of fused-ring (bicyclic) bond motifs is 2. The Morgan fingerprint density at radius 3 is 2.00 bits per heavy atom. The molecule has 0 aromatic rings. The van der Waals surface area contributed by atoms with Crippen LogP contribution in [0.2, 0.25) is 0 Å². The Hall–Kier alpha value is -0.790. The molecule has 2 heteroatoms. The molecule has 6 aliphatic carbocycles. The van der Waals surface area contributed by atoms with E-state index in [1.807, 2.05) is 6.92 Å². The van der Waals surface area contributed by atoms with E-state index in [1.165, 1.54) is 51.4 Å². The van der Waals surface area contributed by atoms with E-state index in [-0.39, 0.29) is 11.6 Å². The second kappa shape index (κ2) is 5.11. The van der Waals surface area contributed by atoms with Gasteiger partial charge in [0.05, 0.1) is 0 Å². The van der Waals surface area contributed by atoms with Gasteiger partial charge in [-0.3, -0.25) is 0 Å². The van der Waals surface area contributed by atoms with Gasteiger partial charge in [-0.15, -0.1) is 0 Å². The lowest BCUT2D eigenvalue weighted by molar-refractivity contribution is -0.232. The molecule has 0 radical (unpaired) electrons. The fraction of sp³-hybridized carbons (Fsp3) is 0.864. The molecule has 6 aliphatic rings. The van der Waals surface area contributed by atoms with Crippen LogP contribution in [0.3, 0.4) is 0 Å². The molecule has 0 amide bonds. The maximum Gasteiger partial charge on any atom is 0.333 e. The Morgan fingerprint density at radius 1 is 0.917 bits per heavy atom. The third-order valence-electron chi connectivity index (χ3n) is 8.82. The molecule has 2 nitrogen and oxygen atoms in total. The van der Waals surface area contributed by atoms with Crippen LogP contribution in [0.15, 0.2) is 12.2 Å². The Morgan fingerprint density at radius 2 is 1.54 bits per heavy atom. The molecule has 6 saturated carbocycles. The molecule has 6 fully saturated rings. The van der Waals surface area contributed by atoms with Gasteiger partial charge in [0.2, 0.25) is 0 Å². The smallest absolute Gasteiger partial charge is 0.333 e. The molecular formula is C22H32O2. The number of hydrogen-bond donors (Lipinski definition) is 0. The highest BCUT2D eigenvalue weighted by Gasteiger charge is 2.66. The number of hydrogen-bond acceptors (Lipinski definition) is 2. The summed E-state index contributed by atoms with van der Waals surface area (Å²) in [7, 11) is 0. The molecular weight excluding hydrogens is 296 g/mol. The highest BCUT2D eigenvalue weighted by molar-refractivity contribution is 5.87. The molecule has 0 N–H and O–H groups in total. The van der Waals surface area contributed by atoms with E-state index in [4.69, 9.17) is 4.74 Å². The van der Waals surface area contributed by atoms with Crippen molar-refractivity contribution in [2.24, 2.45) is 47.3 Å². The minimum atomic E-state index is -0.136. The van der Waals surface area contributed by atoms with Crippen molar-refractivity contribution < 1.29 is 9.53 Å². The van der Waals surface area contributed by atoms with Gasteiger partial charge in [0.1, 0.15) is 5.60 Å². The number of esters is 1. The zero-order chi connectivity index (χ0) is 16.6. The summed E-state index contributed by atoms with van der Waals surface area (Å²) < 4.78 is 6.51. The molecule has 4 atom stereocenters. The number of carbonyl (C=O) groups is 1. The topological polar surface area (TPSA) is 26.3 Å². The first kappa shape index (κ1) is 15.5. The Labute approximate surface area is 146 Å². The van der Waals surface area contributed by atoms with Crippen LogP contribution in [0.25, 0.3) is 0 Å². The molecule has 24 heavy (non-hydrogen) atoms. The molecule has 0 aliphatic heterocycles. The van der Waals surface area contributed by atoms with Crippen LogP contribution in [0, 0.1) is 47.3 Å². The molecule has 0 aromatic heterocycles. The van der Waals surface area contributed by atoms with E-state index >= 15 is 0 Å². The quantitative estimate of drug-likeness (QED) is 0.539. The van der Waals surface area contributed by atoms with E-state index in [2.05, 4.69) is 13.5 Å². The second-order valence-corrected chi connectivity index (χ2v) is 10.1. The normalized spacial score (nSPS) is 54.2. The maximum atomic E-state index is 12.6. The number of carbonyl (C=O) groups excluding carboxylic acids is 1. The summed E-state index contributed by atoms with van der Waals surface area (Å²) in [6.45, 7) is 8.13. The van der Waals surface area contributed by atoms with Gasteiger partial charge in [-0.05, 0) is 99.7 Å². The average molecular weight is 328 g/mol. The van der Waals surface area contributed by atoms with Crippen LogP contribution < -0.4 is 0 Å². The summed E-state index contributed by atoms with van der Waals surface area (Å²) in [6, 6.07) is 0. The summed E-state index contributed by atoms with van der Waals surface area (Å²) in [4.78, 5) is 12.6. The Kier molecular flexibility index (Phi) is 3.29. The lowest BCUT2D eigenvalue weighted by Gasteiger charge is -2.63. The Bertz CT molecular complexity index is 547. The molecule has 0 heterocycles. The molecule has 6 bridgehead atoms. The molecule has 0 saturated heterocycles. The summed E-state index contributed by atoms with van der Waals surface area (Å²) in [5, 5.41) is 0. The van der Waals surface area contributed by atoms with Crippen molar-refractivity contribution in [3.8, 4) is 0 Å². The Balaban J connectivity index is 1.52. The first-order valence-corrected chi connectivity index (χ1v) is 10.4. The average Bonchev–Trinajstić information content (AvgIpc) is 3.09. The summed E-state index contributed by atoms with van der Waals surface area (Å²) in [5.41, 5.74) is 0.447. The van der Waals surface area contributed by atoms with E-state index in [9.17, 15) is 4.79 Å². The van der Waals surface area contributed by atoms with E-state index < -0.39 is 0 Å². The van der Waals surface area contributed by atoms with Crippen LogP contribution >= 0.6 is 0 Å². The van der Waals surface area contributed by atoms with E-state index in [0.717, 1.165) is 29.6 Å². The van der Waals surface area contributed by atoms with Crippen LogP contribution in [-0.4, -0.2) is 11.6 Å². The highest BCUT2D eigenvalue weighted by atomic mass is 16.6. The van der Waals surface area contributed by atoms with Gasteiger partial charge >= 0.3 is 5.97 Å². The first-order chi connectivity index (χ1) is 11.5. The zero-order valence-electron chi connectivity index (χ0n) is 15.3.